The first-order valence-electron chi connectivity index (χ1n) is 6.56. The Labute approximate surface area is 113 Å². The predicted molar refractivity (Wildman–Crippen MR) is 74.2 cm³/mol. The van der Waals surface area contributed by atoms with Crippen molar-refractivity contribution in [1.82, 2.24) is 0 Å². The maximum absolute atomic E-state index is 6.49. The molecule has 0 fully saturated rings. The van der Waals surface area contributed by atoms with Crippen LogP contribution in [-0.4, -0.2) is 0 Å². The number of hydrogen-bond acceptors (Lipinski definition) is 1. The second kappa shape index (κ2) is 4.81. The lowest BCUT2D eigenvalue weighted by molar-refractivity contribution is 0.489. The van der Waals surface area contributed by atoms with Gasteiger partial charge in [-0.05, 0) is 61.4 Å². The number of alkyl halides is 1. The monoisotopic (exact) mass is 260 g/mol. The molecule has 0 amide bonds. The molecule has 0 saturated heterocycles. The fourth-order valence-electron chi connectivity index (χ4n) is 2.66. The van der Waals surface area contributed by atoms with E-state index in [1.165, 1.54) is 36.8 Å². The number of benzene rings is 1. The molecule has 0 N–H and O–H groups in total. The average Bonchev–Trinajstić information content (AvgIpc) is 2.84. The van der Waals surface area contributed by atoms with Gasteiger partial charge in [-0.2, -0.15) is 0 Å². The van der Waals surface area contributed by atoms with E-state index in [0.29, 0.717) is 0 Å². The van der Waals surface area contributed by atoms with E-state index >= 15 is 0 Å². The van der Waals surface area contributed by atoms with Gasteiger partial charge in [0.25, 0.3) is 0 Å². The molecule has 3 rings (SSSR count). The van der Waals surface area contributed by atoms with Crippen LogP contribution >= 0.6 is 11.6 Å². The number of aryl methyl sites for hydroxylation is 3. The van der Waals surface area contributed by atoms with Gasteiger partial charge in [-0.1, -0.05) is 18.2 Å². The van der Waals surface area contributed by atoms with Gasteiger partial charge in [0, 0.05) is 0 Å². The molecule has 1 heterocycles. The molecule has 1 nitrogen and oxygen atoms in total. The summed E-state index contributed by atoms with van der Waals surface area (Å²) in [5, 5.41) is -0.175. The lowest BCUT2D eigenvalue weighted by atomic mass is 9.90. The Kier molecular flexibility index (Phi) is 3.17. The first-order chi connectivity index (χ1) is 8.74. The van der Waals surface area contributed by atoms with Crippen molar-refractivity contribution in [3.8, 4) is 0 Å². The highest BCUT2D eigenvalue weighted by Crippen LogP contribution is 2.32. The Bertz CT molecular complexity index is 556. The highest BCUT2D eigenvalue weighted by Gasteiger charge is 2.17. The zero-order chi connectivity index (χ0) is 12.5. The Morgan fingerprint density at radius 3 is 2.56 bits per heavy atom. The molecule has 0 spiro atoms. The molecule has 2 heteroatoms. The van der Waals surface area contributed by atoms with Crippen LogP contribution in [0.3, 0.4) is 0 Å². The second-order valence-corrected chi connectivity index (χ2v) is 5.48. The van der Waals surface area contributed by atoms with Crippen LogP contribution in [0.5, 0.6) is 0 Å². The summed E-state index contributed by atoms with van der Waals surface area (Å²) in [6, 6.07) is 10.5. The molecular weight excluding hydrogens is 244 g/mol. The molecule has 18 heavy (non-hydrogen) atoms. The third-order valence-electron chi connectivity index (χ3n) is 3.68. The molecule has 94 valence electrons. The molecule has 0 bridgehead atoms. The fraction of sp³-hybridized carbons (Fsp3) is 0.375. The maximum Gasteiger partial charge on any atom is 0.126 e. The Balaban J connectivity index is 1.92. The lowest BCUT2D eigenvalue weighted by Gasteiger charge is -2.17. The SMILES string of the molecule is Cc1ccc(C(Cl)c2ccc3c(c2)CCCC3)o1. The zero-order valence-electron chi connectivity index (χ0n) is 10.6. The summed E-state index contributed by atoms with van der Waals surface area (Å²) in [7, 11) is 0. The fourth-order valence-corrected chi connectivity index (χ4v) is 2.92. The van der Waals surface area contributed by atoms with Crippen molar-refractivity contribution < 1.29 is 4.42 Å². The topological polar surface area (TPSA) is 13.1 Å². The quantitative estimate of drug-likeness (QED) is 0.708. The van der Waals surface area contributed by atoms with Crippen molar-refractivity contribution in [2.45, 2.75) is 38.0 Å². The molecule has 0 saturated carbocycles. The van der Waals surface area contributed by atoms with E-state index < -0.39 is 0 Å². The summed E-state index contributed by atoms with van der Waals surface area (Å²) in [6.07, 6.45) is 5.00. The molecule has 0 radical (unpaired) electrons. The minimum Gasteiger partial charge on any atom is -0.464 e. The van der Waals surface area contributed by atoms with Crippen molar-refractivity contribution in [2.24, 2.45) is 0 Å². The molecule has 1 aromatic heterocycles. The summed E-state index contributed by atoms with van der Waals surface area (Å²) < 4.78 is 5.61. The lowest BCUT2D eigenvalue weighted by Crippen LogP contribution is -2.04. The molecule has 0 aliphatic heterocycles. The third kappa shape index (κ3) is 2.20. The summed E-state index contributed by atoms with van der Waals surface area (Å²) >= 11 is 6.49. The van der Waals surface area contributed by atoms with Crippen molar-refractivity contribution in [2.75, 3.05) is 0 Å². The van der Waals surface area contributed by atoms with Gasteiger partial charge in [0.05, 0.1) is 0 Å². The Hall–Kier alpha value is -1.21. The van der Waals surface area contributed by atoms with Crippen LogP contribution in [-0.2, 0) is 12.8 Å². The molecule has 1 aliphatic carbocycles. The molecule has 1 aromatic carbocycles. The smallest absolute Gasteiger partial charge is 0.126 e. The minimum atomic E-state index is -0.175. The molecule has 1 atom stereocenters. The molecule has 2 aromatic rings. The van der Waals surface area contributed by atoms with Gasteiger partial charge in [0.2, 0.25) is 0 Å². The van der Waals surface area contributed by atoms with Crippen molar-refractivity contribution in [1.29, 1.82) is 0 Å². The third-order valence-corrected chi connectivity index (χ3v) is 4.14. The van der Waals surface area contributed by atoms with Crippen molar-refractivity contribution in [3.05, 3.63) is 58.5 Å². The van der Waals surface area contributed by atoms with Crippen LogP contribution in [0.2, 0.25) is 0 Å². The minimum absolute atomic E-state index is 0.175. The van der Waals surface area contributed by atoms with Crippen LogP contribution in [0.25, 0.3) is 0 Å². The van der Waals surface area contributed by atoms with Crippen LogP contribution < -0.4 is 0 Å². The maximum atomic E-state index is 6.49. The normalized spacial score (nSPS) is 16.3. The molecular formula is C16H17ClO. The first kappa shape index (κ1) is 11.9. The van der Waals surface area contributed by atoms with Crippen LogP contribution in [0, 0.1) is 6.92 Å². The standard InChI is InChI=1S/C16H17ClO/c1-11-6-9-15(18-11)16(17)14-8-7-12-4-2-3-5-13(12)10-14/h6-10,16H,2-5H2,1H3. The highest BCUT2D eigenvalue weighted by molar-refractivity contribution is 6.22. The van der Waals surface area contributed by atoms with E-state index in [-0.39, 0.29) is 5.38 Å². The van der Waals surface area contributed by atoms with Crippen LogP contribution in [0.4, 0.5) is 0 Å². The number of fused-ring (bicyclic) bond motifs is 1. The van der Waals surface area contributed by atoms with Gasteiger partial charge in [-0.25, -0.2) is 0 Å². The summed E-state index contributed by atoms with van der Waals surface area (Å²) in [5.74, 6) is 1.75. The summed E-state index contributed by atoms with van der Waals surface area (Å²) in [6.45, 7) is 1.94. The average molecular weight is 261 g/mol. The van der Waals surface area contributed by atoms with E-state index in [2.05, 4.69) is 18.2 Å². The van der Waals surface area contributed by atoms with E-state index in [0.717, 1.165) is 17.1 Å². The van der Waals surface area contributed by atoms with Gasteiger partial charge in [0.1, 0.15) is 16.9 Å². The van der Waals surface area contributed by atoms with E-state index in [4.69, 9.17) is 16.0 Å². The number of rotatable bonds is 2. The second-order valence-electron chi connectivity index (χ2n) is 5.05. The number of hydrogen-bond donors (Lipinski definition) is 0. The van der Waals surface area contributed by atoms with E-state index in [1.807, 2.05) is 19.1 Å². The summed E-state index contributed by atoms with van der Waals surface area (Å²) in [4.78, 5) is 0. The van der Waals surface area contributed by atoms with Crippen molar-refractivity contribution in [3.63, 3.8) is 0 Å². The van der Waals surface area contributed by atoms with E-state index in [9.17, 15) is 0 Å². The zero-order valence-corrected chi connectivity index (χ0v) is 11.3. The Morgan fingerprint density at radius 2 is 1.83 bits per heavy atom. The first-order valence-corrected chi connectivity index (χ1v) is 7.00. The van der Waals surface area contributed by atoms with Crippen molar-refractivity contribution >= 4 is 11.6 Å². The molecule has 1 unspecified atom stereocenters. The molecule has 1 aliphatic rings. The summed E-state index contributed by atoms with van der Waals surface area (Å²) in [5.41, 5.74) is 4.10. The van der Waals surface area contributed by atoms with Gasteiger partial charge in [-0.15, -0.1) is 11.6 Å². The van der Waals surface area contributed by atoms with Gasteiger partial charge in [-0.3, -0.25) is 0 Å². The Morgan fingerprint density at radius 1 is 1.06 bits per heavy atom. The van der Waals surface area contributed by atoms with E-state index in [1.54, 1.807) is 0 Å². The van der Waals surface area contributed by atoms with Gasteiger partial charge < -0.3 is 4.42 Å². The largest absolute Gasteiger partial charge is 0.464 e. The number of halogens is 1. The van der Waals surface area contributed by atoms with Crippen LogP contribution in [0.15, 0.2) is 34.7 Å². The highest BCUT2D eigenvalue weighted by atomic mass is 35.5. The van der Waals surface area contributed by atoms with Crippen LogP contribution in [0.1, 0.15) is 46.4 Å². The van der Waals surface area contributed by atoms with Gasteiger partial charge >= 0.3 is 0 Å². The van der Waals surface area contributed by atoms with Gasteiger partial charge in [0.15, 0.2) is 0 Å². The predicted octanol–water partition coefficient (Wildman–Crippen LogP) is 4.80. The number of furan rings is 1.